The van der Waals surface area contributed by atoms with Crippen LogP contribution in [-0.4, -0.2) is 53.0 Å². The Labute approximate surface area is 192 Å². The molecule has 33 heavy (non-hydrogen) atoms. The van der Waals surface area contributed by atoms with Crippen molar-refractivity contribution in [3.05, 3.63) is 65.9 Å². The Morgan fingerprint density at radius 2 is 2.12 bits per heavy atom. The summed E-state index contributed by atoms with van der Waals surface area (Å²) in [6.07, 6.45) is 5.52. The summed E-state index contributed by atoms with van der Waals surface area (Å²) in [6.45, 7) is 6.89. The lowest BCUT2D eigenvalue weighted by molar-refractivity contribution is -0.117. The first-order chi connectivity index (χ1) is 15.9. The lowest BCUT2D eigenvalue weighted by Gasteiger charge is -2.36. The van der Waals surface area contributed by atoms with E-state index in [4.69, 9.17) is 9.47 Å². The Balaban J connectivity index is 1.47. The monoisotopic (exact) mass is 449 g/mol. The fraction of sp³-hybridized carbons (Fsp3) is 0.304. The number of carbonyl (C=O) groups is 1. The Kier molecular flexibility index (Phi) is 6.16. The average Bonchev–Trinajstić information content (AvgIpc) is 3.25. The molecule has 1 atom stereocenters. The zero-order valence-corrected chi connectivity index (χ0v) is 19.1. The van der Waals surface area contributed by atoms with Crippen molar-refractivity contribution in [3.63, 3.8) is 0 Å². The molecular formula is C23H27N7O3. The van der Waals surface area contributed by atoms with Crippen molar-refractivity contribution < 1.29 is 14.3 Å². The molecule has 172 valence electrons. The van der Waals surface area contributed by atoms with Gasteiger partial charge in [0, 0.05) is 43.7 Å². The second-order valence-electron chi connectivity index (χ2n) is 7.77. The van der Waals surface area contributed by atoms with Gasteiger partial charge in [-0.15, -0.1) is 0 Å². The van der Waals surface area contributed by atoms with Crippen molar-refractivity contribution in [3.8, 4) is 5.88 Å². The predicted molar refractivity (Wildman–Crippen MR) is 125 cm³/mol. The van der Waals surface area contributed by atoms with Gasteiger partial charge in [0.2, 0.25) is 5.88 Å². The van der Waals surface area contributed by atoms with E-state index in [1.165, 1.54) is 7.11 Å². The van der Waals surface area contributed by atoms with Crippen LogP contribution >= 0.6 is 0 Å². The van der Waals surface area contributed by atoms with Gasteiger partial charge >= 0.3 is 0 Å². The highest BCUT2D eigenvalue weighted by molar-refractivity contribution is 6.05. The molecule has 0 unspecified atom stereocenters. The fourth-order valence-corrected chi connectivity index (χ4v) is 3.78. The highest BCUT2D eigenvalue weighted by atomic mass is 16.5. The van der Waals surface area contributed by atoms with Crippen LogP contribution in [0.3, 0.4) is 0 Å². The average molecular weight is 450 g/mol. The number of hydrogen-bond donors (Lipinski definition) is 2. The van der Waals surface area contributed by atoms with Gasteiger partial charge in [0.15, 0.2) is 6.04 Å². The number of likely N-dealkylation sites (N-methyl/N-ethyl adjacent to an activating group) is 1. The summed E-state index contributed by atoms with van der Waals surface area (Å²) in [6, 6.07) is 5.12. The van der Waals surface area contributed by atoms with E-state index < -0.39 is 6.04 Å². The Hall–Kier alpha value is -4.08. The molecule has 10 nitrogen and oxygen atoms in total. The molecule has 0 saturated heterocycles. The lowest BCUT2D eigenvalue weighted by atomic mass is 10.1. The van der Waals surface area contributed by atoms with Gasteiger partial charge in [0.25, 0.3) is 5.91 Å². The first-order valence-electron chi connectivity index (χ1n) is 10.4. The van der Waals surface area contributed by atoms with Crippen LogP contribution in [0, 0.1) is 6.92 Å². The van der Waals surface area contributed by atoms with Crippen molar-refractivity contribution in [2.45, 2.75) is 26.1 Å². The Bertz CT molecular complexity index is 1190. The van der Waals surface area contributed by atoms with Crippen LogP contribution in [0.1, 0.15) is 16.8 Å². The van der Waals surface area contributed by atoms with Crippen molar-refractivity contribution in [2.75, 3.05) is 36.8 Å². The van der Waals surface area contributed by atoms with Crippen LogP contribution in [-0.2, 0) is 22.6 Å². The number of carbonyl (C=O) groups excluding carboxylic acids is 1. The maximum atomic E-state index is 12.5. The van der Waals surface area contributed by atoms with Gasteiger partial charge in [0.05, 0.1) is 44.0 Å². The van der Waals surface area contributed by atoms with E-state index >= 15 is 0 Å². The molecule has 4 heterocycles. The first-order valence-corrected chi connectivity index (χ1v) is 10.4. The van der Waals surface area contributed by atoms with Crippen LogP contribution in [0.4, 0.5) is 17.2 Å². The zero-order chi connectivity index (χ0) is 23.5. The molecule has 1 aliphatic heterocycles. The maximum Gasteiger partial charge on any atom is 0.255 e. The predicted octanol–water partition coefficient (Wildman–Crippen LogP) is 2.57. The number of ether oxygens (including phenoxy) is 2. The summed E-state index contributed by atoms with van der Waals surface area (Å²) in [5.41, 5.74) is 4.32. The number of hydrogen-bond acceptors (Lipinski definition) is 8. The van der Waals surface area contributed by atoms with Crippen molar-refractivity contribution >= 4 is 23.1 Å². The first kappa shape index (κ1) is 22.1. The van der Waals surface area contributed by atoms with Gasteiger partial charge < -0.3 is 25.0 Å². The SMILES string of the molecule is C=C(OC)[C@H]1C(=O)Nc2c(cc(NCc3cnn(Cc4ccnc(OC)c4)c3)nc2C)N1C. The molecule has 0 aromatic carbocycles. The molecule has 0 saturated carbocycles. The summed E-state index contributed by atoms with van der Waals surface area (Å²) < 4.78 is 12.3. The number of pyridine rings is 2. The number of rotatable bonds is 8. The van der Waals surface area contributed by atoms with E-state index in [2.05, 4.69) is 32.3 Å². The standard InChI is InChI=1S/C23H27N7O3/c1-14-21-18(29(3)22(15(2)32-4)23(31)28-21)9-19(27-14)25-10-17-11-26-30(13-17)12-16-6-7-24-20(8-16)33-5/h6-9,11,13,22H,2,10,12H2,1,3-5H3,(H,25,27)(H,28,31)/t22-/m0/s1. The molecule has 10 heteroatoms. The molecule has 2 N–H and O–H groups in total. The largest absolute Gasteiger partial charge is 0.499 e. The molecular weight excluding hydrogens is 422 g/mol. The summed E-state index contributed by atoms with van der Waals surface area (Å²) >= 11 is 0. The number of methoxy groups -OCH3 is 2. The van der Waals surface area contributed by atoms with Gasteiger partial charge in [-0.25, -0.2) is 9.97 Å². The normalized spacial score (nSPS) is 15.0. The molecule has 4 rings (SSSR count). The number of aryl methyl sites for hydroxylation is 1. The van der Waals surface area contributed by atoms with Crippen molar-refractivity contribution in [1.82, 2.24) is 19.7 Å². The van der Waals surface area contributed by atoms with Gasteiger partial charge in [-0.2, -0.15) is 5.10 Å². The van der Waals surface area contributed by atoms with Gasteiger partial charge in [-0.1, -0.05) is 6.58 Å². The highest BCUT2D eigenvalue weighted by Gasteiger charge is 2.35. The highest BCUT2D eigenvalue weighted by Crippen LogP contribution is 2.36. The van der Waals surface area contributed by atoms with Gasteiger partial charge in [-0.05, 0) is 18.6 Å². The minimum Gasteiger partial charge on any atom is -0.499 e. The number of nitrogens with zero attached hydrogens (tertiary/aromatic N) is 5. The molecule has 0 spiro atoms. The smallest absolute Gasteiger partial charge is 0.255 e. The van der Waals surface area contributed by atoms with Gasteiger partial charge in [-0.3, -0.25) is 9.48 Å². The fourth-order valence-electron chi connectivity index (χ4n) is 3.78. The third kappa shape index (κ3) is 4.59. The lowest BCUT2D eigenvalue weighted by Crippen LogP contribution is -2.47. The second kappa shape index (κ2) is 9.19. The van der Waals surface area contributed by atoms with Crippen LogP contribution in [0.25, 0.3) is 0 Å². The minimum absolute atomic E-state index is 0.193. The Morgan fingerprint density at radius 3 is 2.88 bits per heavy atom. The van der Waals surface area contributed by atoms with Crippen LogP contribution in [0.5, 0.6) is 5.88 Å². The van der Waals surface area contributed by atoms with Crippen molar-refractivity contribution in [1.29, 1.82) is 0 Å². The number of anilines is 3. The topological polar surface area (TPSA) is 106 Å². The van der Waals surface area contributed by atoms with E-state index in [0.29, 0.717) is 36.2 Å². The van der Waals surface area contributed by atoms with Crippen LogP contribution < -0.4 is 20.3 Å². The molecule has 1 amide bonds. The minimum atomic E-state index is -0.609. The van der Waals surface area contributed by atoms with Gasteiger partial charge in [0.1, 0.15) is 11.6 Å². The quantitative estimate of drug-likeness (QED) is 0.506. The molecule has 0 radical (unpaired) electrons. The van der Waals surface area contributed by atoms with E-state index in [0.717, 1.165) is 22.5 Å². The Morgan fingerprint density at radius 1 is 1.30 bits per heavy atom. The van der Waals surface area contributed by atoms with E-state index in [1.807, 2.05) is 54.1 Å². The van der Waals surface area contributed by atoms with E-state index in [1.54, 1.807) is 13.3 Å². The maximum absolute atomic E-state index is 12.5. The zero-order valence-electron chi connectivity index (χ0n) is 19.1. The second-order valence-corrected chi connectivity index (χ2v) is 7.77. The number of amides is 1. The number of fused-ring (bicyclic) bond motifs is 1. The number of aromatic nitrogens is 4. The number of nitrogens with one attached hydrogen (secondary N) is 2. The molecule has 0 bridgehead atoms. The summed E-state index contributed by atoms with van der Waals surface area (Å²) in [7, 11) is 4.95. The van der Waals surface area contributed by atoms with Crippen LogP contribution in [0.2, 0.25) is 0 Å². The van der Waals surface area contributed by atoms with E-state index in [9.17, 15) is 4.79 Å². The van der Waals surface area contributed by atoms with E-state index in [-0.39, 0.29) is 5.91 Å². The molecule has 3 aromatic heterocycles. The van der Waals surface area contributed by atoms with Crippen LogP contribution in [0.15, 0.2) is 49.1 Å². The summed E-state index contributed by atoms with van der Waals surface area (Å²) in [5.74, 6) is 1.46. The third-order valence-electron chi connectivity index (χ3n) is 5.52. The molecule has 1 aliphatic rings. The molecule has 0 fully saturated rings. The van der Waals surface area contributed by atoms with Crippen molar-refractivity contribution in [2.24, 2.45) is 0 Å². The molecule has 0 aliphatic carbocycles. The molecule has 3 aromatic rings. The summed E-state index contributed by atoms with van der Waals surface area (Å²) in [4.78, 5) is 23.1. The summed E-state index contributed by atoms with van der Waals surface area (Å²) in [5, 5.41) is 10.7. The third-order valence-corrected chi connectivity index (χ3v) is 5.52.